The number of ether oxygens (including phenoxy) is 1. The summed E-state index contributed by atoms with van der Waals surface area (Å²) in [5.41, 5.74) is 4.17. The first-order valence-electron chi connectivity index (χ1n) is 7.63. The van der Waals surface area contributed by atoms with Crippen LogP contribution in [-0.4, -0.2) is 9.78 Å². The maximum absolute atomic E-state index is 9.00. The fraction of sp³-hybridized carbons (Fsp3) is 0.158. The van der Waals surface area contributed by atoms with Gasteiger partial charge in [0.05, 0.1) is 22.0 Å². The molecule has 0 fully saturated rings. The highest BCUT2D eigenvalue weighted by molar-refractivity contribution is 9.10. The van der Waals surface area contributed by atoms with Gasteiger partial charge in [0.25, 0.3) is 0 Å². The van der Waals surface area contributed by atoms with Crippen LogP contribution in [0.4, 0.5) is 0 Å². The Bertz CT molecular complexity index is 975. The lowest BCUT2D eigenvalue weighted by atomic mass is 10.2. The molecular weight excluding hydrogens is 402 g/mol. The molecule has 6 heteroatoms. The Morgan fingerprint density at radius 3 is 2.72 bits per heavy atom. The minimum atomic E-state index is 0.416. The van der Waals surface area contributed by atoms with Gasteiger partial charge in [-0.1, -0.05) is 33.6 Å². The van der Waals surface area contributed by atoms with Gasteiger partial charge in [-0.3, -0.25) is 0 Å². The highest BCUT2D eigenvalue weighted by Gasteiger charge is 2.14. The summed E-state index contributed by atoms with van der Waals surface area (Å²) in [4.78, 5) is 0. The molecule has 1 aromatic heterocycles. The van der Waals surface area contributed by atoms with Crippen LogP contribution in [0, 0.1) is 25.2 Å². The zero-order chi connectivity index (χ0) is 18.0. The summed E-state index contributed by atoms with van der Waals surface area (Å²) in [6, 6.07) is 15.1. The molecule has 0 N–H and O–H groups in total. The summed E-state index contributed by atoms with van der Waals surface area (Å²) < 4.78 is 8.69. The summed E-state index contributed by atoms with van der Waals surface area (Å²) in [7, 11) is 0. The van der Waals surface area contributed by atoms with Gasteiger partial charge in [-0.2, -0.15) is 10.4 Å². The van der Waals surface area contributed by atoms with Crippen molar-refractivity contribution in [3.63, 3.8) is 0 Å². The van der Waals surface area contributed by atoms with Crippen LogP contribution >= 0.6 is 27.5 Å². The quantitative estimate of drug-likeness (QED) is 0.575. The molecule has 0 aliphatic carbocycles. The minimum absolute atomic E-state index is 0.416. The van der Waals surface area contributed by atoms with Crippen molar-refractivity contribution in [2.24, 2.45) is 0 Å². The van der Waals surface area contributed by atoms with E-state index in [0.29, 0.717) is 17.2 Å². The van der Waals surface area contributed by atoms with E-state index in [1.807, 2.05) is 48.9 Å². The monoisotopic (exact) mass is 415 g/mol. The van der Waals surface area contributed by atoms with Gasteiger partial charge >= 0.3 is 0 Å². The average molecular weight is 417 g/mol. The number of hydrogen-bond donors (Lipinski definition) is 0. The Hall–Kier alpha value is -2.29. The minimum Gasteiger partial charge on any atom is -0.489 e. The van der Waals surface area contributed by atoms with Gasteiger partial charge < -0.3 is 4.74 Å². The highest BCUT2D eigenvalue weighted by Crippen LogP contribution is 2.24. The standard InChI is InChI=1S/C19H15BrClN3O/c1-12-18(11-25-17-5-3-4-15(20)8-17)13(2)24(23-12)16-7-6-14(10-22)19(21)9-16/h3-9H,11H2,1-2H3. The second-order valence-electron chi connectivity index (χ2n) is 5.58. The molecule has 0 saturated heterocycles. The fourth-order valence-electron chi connectivity index (χ4n) is 2.57. The molecule has 0 atom stereocenters. The van der Waals surface area contributed by atoms with Gasteiger partial charge in [0.1, 0.15) is 18.4 Å². The molecule has 0 amide bonds. The molecule has 0 unspecified atom stereocenters. The number of nitrogens with zero attached hydrogens (tertiary/aromatic N) is 3. The molecule has 3 rings (SSSR count). The van der Waals surface area contributed by atoms with Crippen LogP contribution in [0.3, 0.4) is 0 Å². The average Bonchev–Trinajstić information content (AvgIpc) is 2.87. The van der Waals surface area contributed by atoms with E-state index < -0.39 is 0 Å². The number of nitriles is 1. The van der Waals surface area contributed by atoms with E-state index in [0.717, 1.165) is 32.9 Å². The fourth-order valence-corrected chi connectivity index (χ4v) is 3.17. The van der Waals surface area contributed by atoms with Crippen LogP contribution in [-0.2, 0) is 6.61 Å². The smallest absolute Gasteiger partial charge is 0.120 e. The maximum Gasteiger partial charge on any atom is 0.120 e. The molecule has 0 bridgehead atoms. The van der Waals surface area contributed by atoms with Crippen LogP contribution in [0.15, 0.2) is 46.9 Å². The molecule has 2 aromatic carbocycles. The van der Waals surface area contributed by atoms with Crippen LogP contribution < -0.4 is 4.74 Å². The van der Waals surface area contributed by atoms with E-state index in [1.54, 1.807) is 12.1 Å². The molecule has 0 spiro atoms. The van der Waals surface area contributed by atoms with Crippen molar-refractivity contribution < 1.29 is 4.74 Å². The molecule has 0 radical (unpaired) electrons. The first kappa shape index (κ1) is 17.5. The van der Waals surface area contributed by atoms with E-state index >= 15 is 0 Å². The Labute approximate surface area is 159 Å². The van der Waals surface area contributed by atoms with Crippen molar-refractivity contribution >= 4 is 27.5 Å². The van der Waals surface area contributed by atoms with Crippen LogP contribution in [0.2, 0.25) is 5.02 Å². The molecule has 0 aliphatic rings. The highest BCUT2D eigenvalue weighted by atomic mass is 79.9. The van der Waals surface area contributed by atoms with E-state index in [1.165, 1.54) is 0 Å². The van der Waals surface area contributed by atoms with Gasteiger partial charge in [0.2, 0.25) is 0 Å². The lowest BCUT2D eigenvalue weighted by Crippen LogP contribution is -2.01. The predicted octanol–water partition coefficient (Wildman–Crippen LogP) is 5.36. The normalized spacial score (nSPS) is 10.5. The van der Waals surface area contributed by atoms with Crippen molar-refractivity contribution in [1.82, 2.24) is 9.78 Å². The van der Waals surface area contributed by atoms with Gasteiger partial charge in [-0.25, -0.2) is 4.68 Å². The van der Waals surface area contributed by atoms with E-state index in [-0.39, 0.29) is 0 Å². The number of aromatic nitrogens is 2. The lowest BCUT2D eigenvalue weighted by molar-refractivity contribution is 0.304. The summed E-state index contributed by atoms with van der Waals surface area (Å²) in [5, 5.41) is 14.0. The van der Waals surface area contributed by atoms with Crippen LogP contribution in [0.1, 0.15) is 22.5 Å². The number of benzene rings is 2. The molecule has 25 heavy (non-hydrogen) atoms. The van der Waals surface area contributed by atoms with Crippen molar-refractivity contribution in [2.75, 3.05) is 0 Å². The molecular formula is C19H15BrClN3O. The van der Waals surface area contributed by atoms with Crippen LogP contribution in [0.5, 0.6) is 5.75 Å². The van der Waals surface area contributed by atoms with Crippen LogP contribution in [0.25, 0.3) is 5.69 Å². The Morgan fingerprint density at radius 2 is 2.04 bits per heavy atom. The van der Waals surface area contributed by atoms with Crippen molar-refractivity contribution in [3.8, 4) is 17.5 Å². The van der Waals surface area contributed by atoms with E-state index in [4.69, 9.17) is 21.6 Å². The Kier molecular flexibility index (Phi) is 5.12. The molecule has 0 aliphatic heterocycles. The number of aryl methyl sites for hydroxylation is 1. The number of hydrogen-bond acceptors (Lipinski definition) is 3. The van der Waals surface area contributed by atoms with Gasteiger partial charge in [0, 0.05) is 15.7 Å². The molecule has 126 valence electrons. The Balaban J connectivity index is 1.88. The summed E-state index contributed by atoms with van der Waals surface area (Å²) in [5.74, 6) is 0.794. The zero-order valence-corrected chi connectivity index (χ0v) is 16.1. The van der Waals surface area contributed by atoms with Gasteiger partial charge in [-0.05, 0) is 50.2 Å². The first-order valence-corrected chi connectivity index (χ1v) is 8.80. The number of halogens is 2. The second-order valence-corrected chi connectivity index (χ2v) is 6.91. The SMILES string of the molecule is Cc1nn(-c2ccc(C#N)c(Cl)c2)c(C)c1COc1cccc(Br)c1. The second kappa shape index (κ2) is 7.30. The third-order valence-corrected chi connectivity index (χ3v) is 4.74. The zero-order valence-electron chi connectivity index (χ0n) is 13.8. The van der Waals surface area contributed by atoms with Crippen molar-refractivity contribution in [2.45, 2.75) is 20.5 Å². The summed E-state index contributed by atoms with van der Waals surface area (Å²) in [6.45, 7) is 4.37. The Morgan fingerprint density at radius 1 is 1.24 bits per heavy atom. The third kappa shape index (κ3) is 3.71. The van der Waals surface area contributed by atoms with Gasteiger partial charge in [-0.15, -0.1) is 0 Å². The molecule has 4 nitrogen and oxygen atoms in total. The largest absolute Gasteiger partial charge is 0.489 e. The third-order valence-electron chi connectivity index (χ3n) is 3.94. The van der Waals surface area contributed by atoms with Gasteiger partial charge in [0.15, 0.2) is 0 Å². The van der Waals surface area contributed by atoms with Crippen molar-refractivity contribution in [1.29, 1.82) is 5.26 Å². The molecule has 3 aromatic rings. The molecule has 0 saturated carbocycles. The lowest BCUT2D eigenvalue weighted by Gasteiger charge is -2.08. The van der Waals surface area contributed by atoms with E-state index in [9.17, 15) is 0 Å². The summed E-state index contributed by atoms with van der Waals surface area (Å²) in [6.07, 6.45) is 0. The summed E-state index contributed by atoms with van der Waals surface area (Å²) >= 11 is 9.58. The first-order chi connectivity index (χ1) is 12.0. The maximum atomic E-state index is 9.00. The van der Waals surface area contributed by atoms with Crippen molar-refractivity contribution in [3.05, 3.63) is 74.5 Å². The topological polar surface area (TPSA) is 50.8 Å². The number of rotatable bonds is 4. The molecule has 1 heterocycles. The predicted molar refractivity (Wildman–Crippen MR) is 101 cm³/mol. The van der Waals surface area contributed by atoms with E-state index in [2.05, 4.69) is 27.1 Å².